The molecule has 1 aromatic carbocycles. The number of carbonyl (C=O) groups excluding carboxylic acids is 1. The molecule has 0 saturated carbocycles. The van der Waals surface area contributed by atoms with Gasteiger partial charge in [-0.3, -0.25) is 9.59 Å². The van der Waals surface area contributed by atoms with E-state index < -0.39 is 12.0 Å². The van der Waals surface area contributed by atoms with Gasteiger partial charge in [-0.15, -0.1) is 0 Å². The van der Waals surface area contributed by atoms with Gasteiger partial charge in [-0.2, -0.15) is 0 Å². The number of carboxylic acids is 1. The smallest absolute Gasteiger partial charge is 0.320 e. The molecule has 0 fully saturated rings. The molecule has 6 heteroatoms. The second-order valence-electron chi connectivity index (χ2n) is 5.51. The van der Waals surface area contributed by atoms with Crippen molar-refractivity contribution in [2.45, 2.75) is 44.6 Å². The lowest BCUT2D eigenvalue weighted by atomic mass is 10.1. The summed E-state index contributed by atoms with van der Waals surface area (Å²) in [6, 6.07) is 7.84. The van der Waals surface area contributed by atoms with E-state index in [0.29, 0.717) is 19.4 Å². The number of amides is 1. The summed E-state index contributed by atoms with van der Waals surface area (Å²) in [6.07, 6.45) is 4.43. The fraction of sp³-hybridized carbons (Fsp3) is 0.529. The van der Waals surface area contributed by atoms with Crippen LogP contribution in [0.15, 0.2) is 24.3 Å². The van der Waals surface area contributed by atoms with Crippen LogP contribution in [0.4, 0.5) is 0 Å². The molecule has 1 aromatic rings. The van der Waals surface area contributed by atoms with Crippen molar-refractivity contribution in [2.75, 3.05) is 13.6 Å². The summed E-state index contributed by atoms with van der Waals surface area (Å²) in [5.74, 6) is -0.758. The van der Waals surface area contributed by atoms with Gasteiger partial charge in [-0.1, -0.05) is 12.1 Å². The fourth-order valence-corrected chi connectivity index (χ4v) is 2.64. The van der Waals surface area contributed by atoms with E-state index >= 15 is 0 Å². The van der Waals surface area contributed by atoms with Gasteiger partial charge < -0.3 is 15.7 Å². The second-order valence-corrected chi connectivity index (χ2v) is 6.75. The minimum absolute atomic E-state index is 0.0684. The molecule has 0 aliphatic rings. The van der Waals surface area contributed by atoms with E-state index in [1.807, 2.05) is 0 Å². The second kappa shape index (κ2) is 11.4. The molecule has 1 amide bonds. The van der Waals surface area contributed by atoms with Gasteiger partial charge in [0.2, 0.25) is 5.91 Å². The van der Waals surface area contributed by atoms with Crippen molar-refractivity contribution >= 4 is 34.5 Å². The van der Waals surface area contributed by atoms with Gasteiger partial charge >= 0.3 is 5.97 Å². The Kier molecular flexibility index (Phi) is 9.86. The van der Waals surface area contributed by atoms with Crippen LogP contribution >= 0.6 is 22.6 Å². The lowest BCUT2D eigenvalue weighted by Gasteiger charge is -2.10. The molecule has 1 rings (SSSR count). The third-order valence-corrected chi connectivity index (χ3v) is 4.39. The molecule has 0 unspecified atom stereocenters. The monoisotopic (exact) mass is 432 g/mol. The highest BCUT2D eigenvalue weighted by Gasteiger charge is 2.13. The number of nitrogens with one attached hydrogen (secondary N) is 2. The Morgan fingerprint density at radius 3 is 2.48 bits per heavy atom. The van der Waals surface area contributed by atoms with Gasteiger partial charge in [0.15, 0.2) is 0 Å². The Morgan fingerprint density at radius 2 is 1.87 bits per heavy atom. The van der Waals surface area contributed by atoms with Crippen LogP contribution in [-0.4, -0.2) is 36.6 Å². The highest BCUT2D eigenvalue weighted by Crippen LogP contribution is 2.09. The van der Waals surface area contributed by atoms with E-state index in [4.69, 9.17) is 5.11 Å². The molecule has 0 spiro atoms. The molecule has 0 aromatic heterocycles. The maximum absolute atomic E-state index is 11.7. The van der Waals surface area contributed by atoms with Crippen LogP contribution in [0.2, 0.25) is 0 Å². The number of hydrogen-bond donors (Lipinski definition) is 3. The summed E-state index contributed by atoms with van der Waals surface area (Å²) in [4.78, 5) is 22.6. The highest BCUT2D eigenvalue weighted by molar-refractivity contribution is 14.1. The highest BCUT2D eigenvalue weighted by atomic mass is 127. The summed E-state index contributed by atoms with van der Waals surface area (Å²) < 4.78 is 1.22. The maximum atomic E-state index is 11.7. The summed E-state index contributed by atoms with van der Waals surface area (Å²) >= 11 is 2.28. The van der Waals surface area contributed by atoms with Gasteiger partial charge in [-0.05, 0) is 79.4 Å². The van der Waals surface area contributed by atoms with E-state index in [1.54, 1.807) is 7.05 Å². The minimum atomic E-state index is -0.827. The quantitative estimate of drug-likeness (QED) is 0.371. The first kappa shape index (κ1) is 19.9. The number of carboxylic acid groups (broad SMARTS) is 1. The molecule has 0 aliphatic heterocycles. The van der Waals surface area contributed by atoms with E-state index in [0.717, 1.165) is 25.7 Å². The Bertz CT molecular complexity index is 491. The predicted molar refractivity (Wildman–Crippen MR) is 99.4 cm³/mol. The predicted octanol–water partition coefficient (Wildman–Crippen LogP) is 2.57. The van der Waals surface area contributed by atoms with Crippen LogP contribution in [0.1, 0.15) is 37.7 Å². The number of rotatable bonds is 11. The first-order chi connectivity index (χ1) is 11.0. The van der Waals surface area contributed by atoms with Crippen LogP contribution in [0.3, 0.4) is 0 Å². The summed E-state index contributed by atoms with van der Waals surface area (Å²) in [7, 11) is 1.65. The molecule has 0 aliphatic carbocycles. The van der Waals surface area contributed by atoms with Crippen LogP contribution < -0.4 is 10.6 Å². The number of carbonyl (C=O) groups is 2. The molecule has 0 saturated heterocycles. The first-order valence-corrected chi connectivity index (χ1v) is 9.02. The topological polar surface area (TPSA) is 78.4 Å². The molecule has 3 N–H and O–H groups in total. The van der Waals surface area contributed by atoms with Crippen LogP contribution in [-0.2, 0) is 16.0 Å². The molecular formula is C17H25IN2O3. The molecule has 0 heterocycles. The first-order valence-electron chi connectivity index (χ1n) is 7.94. The van der Waals surface area contributed by atoms with Crippen LogP contribution in [0.25, 0.3) is 0 Å². The Morgan fingerprint density at radius 1 is 1.17 bits per heavy atom. The average Bonchev–Trinajstić information content (AvgIpc) is 2.52. The number of aryl methyl sites for hydroxylation is 1. The third kappa shape index (κ3) is 8.90. The SMILES string of the molecule is CN[C@H](CCCCNC(=O)CCCc1ccc(I)cc1)C(=O)O. The van der Waals surface area contributed by atoms with Crippen molar-refractivity contribution in [1.82, 2.24) is 10.6 Å². The number of likely N-dealkylation sites (N-methyl/N-ethyl adjacent to an activating group) is 1. The Labute approximate surface area is 151 Å². The van der Waals surface area contributed by atoms with Gasteiger partial charge in [0, 0.05) is 16.5 Å². The maximum Gasteiger partial charge on any atom is 0.320 e. The van der Waals surface area contributed by atoms with E-state index in [-0.39, 0.29) is 5.91 Å². The van der Waals surface area contributed by atoms with Gasteiger partial charge in [0.05, 0.1) is 0 Å². The summed E-state index contributed by atoms with van der Waals surface area (Å²) in [5, 5.41) is 14.5. The zero-order valence-corrected chi connectivity index (χ0v) is 15.6. The lowest BCUT2D eigenvalue weighted by Crippen LogP contribution is -2.33. The Balaban J connectivity index is 2.06. The molecular weight excluding hydrogens is 407 g/mol. The van der Waals surface area contributed by atoms with Crippen molar-refractivity contribution in [3.8, 4) is 0 Å². The molecule has 5 nitrogen and oxygen atoms in total. The van der Waals surface area contributed by atoms with E-state index in [9.17, 15) is 9.59 Å². The molecule has 0 bridgehead atoms. The number of aliphatic carboxylic acids is 1. The molecule has 0 radical (unpaired) electrons. The number of halogens is 1. The average molecular weight is 432 g/mol. The van der Waals surface area contributed by atoms with Crippen molar-refractivity contribution in [3.63, 3.8) is 0 Å². The lowest BCUT2D eigenvalue weighted by molar-refractivity contribution is -0.139. The Hall–Kier alpha value is -1.15. The number of hydrogen-bond acceptors (Lipinski definition) is 3. The normalized spacial score (nSPS) is 11.9. The van der Waals surface area contributed by atoms with Gasteiger partial charge in [0.1, 0.15) is 6.04 Å². The summed E-state index contributed by atoms with van der Waals surface area (Å²) in [6.45, 7) is 0.610. The minimum Gasteiger partial charge on any atom is -0.480 e. The van der Waals surface area contributed by atoms with Gasteiger partial charge in [0.25, 0.3) is 0 Å². The zero-order valence-electron chi connectivity index (χ0n) is 13.5. The molecule has 128 valence electrons. The fourth-order valence-electron chi connectivity index (χ4n) is 2.29. The van der Waals surface area contributed by atoms with Crippen molar-refractivity contribution in [1.29, 1.82) is 0 Å². The number of benzene rings is 1. The van der Waals surface area contributed by atoms with E-state index in [1.165, 1.54) is 9.13 Å². The largest absolute Gasteiger partial charge is 0.480 e. The van der Waals surface area contributed by atoms with Crippen molar-refractivity contribution in [3.05, 3.63) is 33.4 Å². The molecule has 23 heavy (non-hydrogen) atoms. The van der Waals surface area contributed by atoms with Crippen LogP contribution in [0.5, 0.6) is 0 Å². The van der Waals surface area contributed by atoms with Gasteiger partial charge in [-0.25, -0.2) is 0 Å². The van der Waals surface area contributed by atoms with Crippen LogP contribution in [0, 0.1) is 3.57 Å². The summed E-state index contributed by atoms with van der Waals surface area (Å²) in [5.41, 5.74) is 1.25. The standard InChI is InChI=1S/C17H25IN2O3/c1-19-15(17(22)23)6-2-3-12-20-16(21)7-4-5-13-8-10-14(18)11-9-13/h8-11,15,19H,2-7,12H2,1H3,(H,20,21)(H,22,23)/t15-/m1/s1. The van der Waals surface area contributed by atoms with Crippen molar-refractivity contribution in [2.24, 2.45) is 0 Å². The third-order valence-electron chi connectivity index (χ3n) is 3.67. The molecule has 1 atom stereocenters. The zero-order chi connectivity index (χ0) is 17.1. The number of unbranched alkanes of at least 4 members (excludes halogenated alkanes) is 1. The van der Waals surface area contributed by atoms with Crippen molar-refractivity contribution < 1.29 is 14.7 Å². The van der Waals surface area contributed by atoms with E-state index in [2.05, 4.69) is 57.5 Å².